The zero-order valence-electron chi connectivity index (χ0n) is 21.4. The topological polar surface area (TPSA) is 116 Å². The fraction of sp³-hybridized carbons (Fsp3) is 0.480. The summed E-state index contributed by atoms with van der Waals surface area (Å²) in [5, 5.41) is 1.17. The molecule has 0 radical (unpaired) electrons. The fourth-order valence-electron chi connectivity index (χ4n) is 3.71. The van der Waals surface area contributed by atoms with E-state index in [1.165, 1.54) is 10.9 Å². The van der Waals surface area contributed by atoms with E-state index in [4.69, 9.17) is 5.73 Å². The van der Waals surface area contributed by atoms with Crippen molar-refractivity contribution in [2.24, 2.45) is 0 Å². The van der Waals surface area contributed by atoms with Crippen LogP contribution in [-0.4, -0.2) is 34.9 Å². The van der Waals surface area contributed by atoms with E-state index in [1.54, 1.807) is 0 Å². The van der Waals surface area contributed by atoms with E-state index >= 15 is 0 Å². The molecule has 8 heteroatoms. The summed E-state index contributed by atoms with van der Waals surface area (Å²) in [4.78, 5) is 31.1. The second-order valence-corrected chi connectivity index (χ2v) is 9.13. The van der Waals surface area contributed by atoms with Gasteiger partial charge in [-0.3, -0.25) is 4.98 Å². The van der Waals surface area contributed by atoms with Gasteiger partial charge in [-0.25, -0.2) is 29.9 Å². The van der Waals surface area contributed by atoms with Crippen LogP contribution in [0.25, 0.3) is 21.9 Å². The Hall–Kier alpha value is -3.29. The predicted octanol–water partition coefficient (Wildman–Crippen LogP) is 5.12. The van der Waals surface area contributed by atoms with Crippen molar-refractivity contribution in [2.45, 2.75) is 81.1 Å². The van der Waals surface area contributed by atoms with Crippen molar-refractivity contribution in [3.63, 3.8) is 0 Å². The minimum Gasteiger partial charge on any atom is -0.382 e. The fourth-order valence-corrected chi connectivity index (χ4v) is 3.71. The van der Waals surface area contributed by atoms with Gasteiger partial charge in [-0.05, 0) is 47.1 Å². The first-order valence-electron chi connectivity index (χ1n) is 11.3. The van der Waals surface area contributed by atoms with Gasteiger partial charge in [0.25, 0.3) is 0 Å². The molecular formula is C25H34N8. The average Bonchev–Trinajstić information content (AvgIpc) is 2.72. The van der Waals surface area contributed by atoms with Crippen molar-refractivity contribution >= 4 is 27.8 Å². The van der Waals surface area contributed by atoms with E-state index in [-0.39, 0.29) is 5.92 Å². The van der Waals surface area contributed by atoms with Gasteiger partial charge in [0, 0.05) is 28.6 Å². The first-order valence-corrected chi connectivity index (χ1v) is 11.3. The number of fused-ring (bicyclic) bond motifs is 2. The van der Waals surface area contributed by atoms with Gasteiger partial charge in [-0.1, -0.05) is 27.7 Å². The third-order valence-electron chi connectivity index (χ3n) is 5.61. The van der Waals surface area contributed by atoms with Crippen molar-refractivity contribution < 1.29 is 0 Å². The molecule has 0 atom stereocenters. The molecule has 0 spiro atoms. The van der Waals surface area contributed by atoms with Gasteiger partial charge >= 0.3 is 0 Å². The van der Waals surface area contributed by atoms with Gasteiger partial charge in [0.15, 0.2) is 5.82 Å². The smallest absolute Gasteiger partial charge is 0.153 e. The molecule has 0 aromatic carbocycles. The standard InChI is InChI=1S/C14H19N3.C11H15N5/c1-7(2)14-16-10(5)12-8(3)9(4)15-11(6)13(12)17-14;1-5(2)11-13-6(3)8-9(16-11)10(12)15-7(4)14-8/h7H,1-6H3;5H,1-4H3,(H2,12,14,15). The van der Waals surface area contributed by atoms with Crippen molar-refractivity contribution in [1.29, 1.82) is 0 Å². The van der Waals surface area contributed by atoms with Crippen LogP contribution in [0.2, 0.25) is 0 Å². The van der Waals surface area contributed by atoms with Gasteiger partial charge in [-0.2, -0.15) is 0 Å². The van der Waals surface area contributed by atoms with Crippen LogP contribution in [0, 0.1) is 41.5 Å². The van der Waals surface area contributed by atoms with Gasteiger partial charge in [-0.15, -0.1) is 0 Å². The maximum atomic E-state index is 5.85. The Morgan fingerprint density at radius 2 is 1.03 bits per heavy atom. The van der Waals surface area contributed by atoms with E-state index in [0.717, 1.165) is 45.5 Å². The third-order valence-corrected chi connectivity index (χ3v) is 5.61. The van der Waals surface area contributed by atoms with Crippen LogP contribution in [0.4, 0.5) is 5.82 Å². The highest BCUT2D eigenvalue weighted by Gasteiger charge is 2.14. The Balaban J connectivity index is 0.000000186. The molecule has 4 rings (SSSR count). The molecule has 0 aliphatic rings. The SMILES string of the molecule is Cc1nc(C)c2nc(C(C)C)nc(C)c2c1C.Cc1nc(N)c2nc(C(C)C)nc(C)c2n1. The lowest BCUT2D eigenvalue weighted by Gasteiger charge is -2.12. The maximum absolute atomic E-state index is 5.85. The molecule has 0 aliphatic carbocycles. The van der Waals surface area contributed by atoms with Crippen LogP contribution in [0.3, 0.4) is 0 Å². The van der Waals surface area contributed by atoms with E-state index in [1.807, 2.05) is 41.5 Å². The molecule has 8 nitrogen and oxygen atoms in total. The second kappa shape index (κ2) is 9.29. The number of hydrogen-bond donors (Lipinski definition) is 1. The lowest BCUT2D eigenvalue weighted by Crippen LogP contribution is -2.06. The Morgan fingerprint density at radius 1 is 0.515 bits per heavy atom. The molecule has 33 heavy (non-hydrogen) atoms. The minimum absolute atomic E-state index is 0.267. The first-order chi connectivity index (χ1) is 15.4. The van der Waals surface area contributed by atoms with Gasteiger partial charge in [0.05, 0.1) is 16.9 Å². The summed E-state index contributed by atoms with van der Waals surface area (Å²) in [6.45, 7) is 20.3. The molecule has 0 amide bonds. The van der Waals surface area contributed by atoms with E-state index < -0.39 is 0 Å². The molecule has 4 aromatic heterocycles. The predicted molar refractivity (Wildman–Crippen MR) is 133 cm³/mol. The summed E-state index contributed by atoms with van der Waals surface area (Å²) in [7, 11) is 0. The van der Waals surface area contributed by atoms with Crippen LogP contribution >= 0.6 is 0 Å². The summed E-state index contributed by atoms with van der Waals surface area (Å²) in [6, 6.07) is 0. The Bertz CT molecular complexity index is 1340. The molecule has 0 fully saturated rings. The summed E-state index contributed by atoms with van der Waals surface area (Å²) < 4.78 is 0. The summed E-state index contributed by atoms with van der Waals surface area (Å²) in [6.07, 6.45) is 0. The normalized spacial score (nSPS) is 11.4. The number of nitrogens with two attached hydrogens (primary N) is 1. The van der Waals surface area contributed by atoms with E-state index in [2.05, 4.69) is 62.6 Å². The molecule has 0 saturated carbocycles. The quantitative estimate of drug-likeness (QED) is 0.451. The highest BCUT2D eigenvalue weighted by Crippen LogP contribution is 2.25. The summed E-state index contributed by atoms with van der Waals surface area (Å²) >= 11 is 0. The van der Waals surface area contributed by atoms with Crippen LogP contribution in [0.1, 0.15) is 85.3 Å². The largest absolute Gasteiger partial charge is 0.382 e. The number of anilines is 1. The molecule has 4 heterocycles. The molecule has 2 N–H and O–H groups in total. The summed E-state index contributed by atoms with van der Waals surface area (Å²) in [5.74, 6) is 3.37. The molecular weight excluding hydrogens is 412 g/mol. The number of rotatable bonds is 2. The van der Waals surface area contributed by atoms with Gasteiger partial charge in [0.1, 0.15) is 28.5 Å². The van der Waals surface area contributed by atoms with Crippen LogP contribution in [0.5, 0.6) is 0 Å². The Labute approximate surface area is 195 Å². The van der Waals surface area contributed by atoms with Crippen LogP contribution < -0.4 is 5.73 Å². The van der Waals surface area contributed by atoms with Crippen LogP contribution in [0.15, 0.2) is 0 Å². The van der Waals surface area contributed by atoms with Gasteiger partial charge in [0.2, 0.25) is 0 Å². The van der Waals surface area contributed by atoms with Crippen molar-refractivity contribution in [1.82, 2.24) is 34.9 Å². The maximum Gasteiger partial charge on any atom is 0.153 e. The third kappa shape index (κ3) is 4.89. The zero-order valence-corrected chi connectivity index (χ0v) is 21.4. The van der Waals surface area contributed by atoms with Gasteiger partial charge < -0.3 is 5.73 Å². The monoisotopic (exact) mass is 446 g/mol. The van der Waals surface area contributed by atoms with E-state index in [0.29, 0.717) is 23.1 Å². The second-order valence-electron chi connectivity index (χ2n) is 9.13. The highest BCUT2D eigenvalue weighted by molar-refractivity contribution is 5.86. The Kier molecular flexibility index (Phi) is 6.86. The number of nitrogen functional groups attached to an aromatic ring is 1. The molecule has 0 aliphatic heterocycles. The zero-order chi connectivity index (χ0) is 24.6. The lowest BCUT2D eigenvalue weighted by molar-refractivity contribution is 0.774. The molecule has 4 aromatic rings. The van der Waals surface area contributed by atoms with E-state index in [9.17, 15) is 0 Å². The minimum atomic E-state index is 0.267. The average molecular weight is 447 g/mol. The number of nitrogens with zero attached hydrogens (tertiary/aromatic N) is 7. The highest BCUT2D eigenvalue weighted by atomic mass is 15.0. The molecule has 0 unspecified atom stereocenters. The van der Waals surface area contributed by atoms with Crippen molar-refractivity contribution in [3.8, 4) is 0 Å². The number of pyridine rings is 1. The summed E-state index contributed by atoms with van der Waals surface area (Å²) in [5.41, 5.74) is 13.4. The molecule has 0 saturated heterocycles. The number of aryl methyl sites for hydroxylation is 6. The molecule has 0 bridgehead atoms. The van der Waals surface area contributed by atoms with Crippen molar-refractivity contribution in [2.75, 3.05) is 5.73 Å². The molecule has 174 valence electrons. The lowest BCUT2D eigenvalue weighted by atomic mass is 10.1. The van der Waals surface area contributed by atoms with Crippen LogP contribution in [-0.2, 0) is 0 Å². The number of hydrogen-bond acceptors (Lipinski definition) is 8. The number of aromatic nitrogens is 7. The van der Waals surface area contributed by atoms with Crippen molar-refractivity contribution in [3.05, 3.63) is 45.8 Å². The first kappa shape index (κ1) is 24.4. The Morgan fingerprint density at radius 3 is 1.61 bits per heavy atom.